The van der Waals surface area contributed by atoms with Gasteiger partial charge in [-0.2, -0.15) is 0 Å². The van der Waals surface area contributed by atoms with Crippen LogP contribution in [-0.2, 0) is 6.54 Å². The zero-order chi connectivity index (χ0) is 19.7. The second-order valence-corrected chi connectivity index (χ2v) is 7.67. The zero-order valence-electron chi connectivity index (χ0n) is 14.6. The summed E-state index contributed by atoms with van der Waals surface area (Å²) in [5.41, 5.74) is 3.12. The highest BCUT2D eigenvalue weighted by molar-refractivity contribution is 7.16. The molecule has 4 aromatic rings. The molecule has 0 aliphatic heterocycles. The number of carbonyl (C=O) groups is 1. The van der Waals surface area contributed by atoms with Crippen LogP contribution in [0.3, 0.4) is 0 Å². The van der Waals surface area contributed by atoms with E-state index >= 15 is 0 Å². The van der Waals surface area contributed by atoms with Gasteiger partial charge in [0.15, 0.2) is 0 Å². The number of anilines is 2. The molecule has 0 fully saturated rings. The van der Waals surface area contributed by atoms with E-state index in [-0.39, 0.29) is 10.4 Å². The standard InChI is InChI=1S/C21H15ClN2O3S/c22-14-6-8-17(16(10-14)20(25)26)23-15-7-9-18-19(11-15)28-21(27)24(18)12-13-4-2-1-3-5-13/h1-11,23H,12H2,(H,25,26). The topological polar surface area (TPSA) is 71.3 Å². The lowest BCUT2D eigenvalue weighted by atomic mass is 10.1. The third kappa shape index (κ3) is 3.65. The maximum absolute atomic E-state index is 12.5. The molecule has 3 aromatic carbocycles. The number of aromatic nitrogens is 1. The average molecular weight is 411 g/mol. The SMILES string of the molecule is O=C(O)c1cc(Cl)ccc1Nc1ccc2c(c1)sc(=O)n2Cc1ccccc1. The van der Waals surface area contributed by atoms with Gasteiger partial charge in [0, 0.05) is 10.7 Å². The summed E-state index contributed by atoms with van der Waals surface area (Å²) in [5, 5.41) is 12.8. The van der Waals surface area contributed by atoms with Gasteiger partial charge in [0.05, 0.1) is 28.0 Å². The third-order valence-electron chi connectivity index (χ3n) is 4.34. The van der Waals surface area contributed by atoms with Crippen LogP contribution in [0, 0.1) is 0 Å². The molecular weight excluding hydrogens is 396 g/mol. The fraction of sp³-hybridized carbons (Fsp3) is 0.0476. The van der Waals surface area contributed by atoms with Gasteiger partial charge in [0.1, 0.15) is 0 Å². The highest BCUT2D eigenvalue weighted by Gasteiger charge is 2.13. The van der Waals surface area contributed by atoms with Crippen LogP contribution in [0.2, 0.25) is 5.02 Å². The highest BCUT2D eigenvalue weighted by Crippen LogP contribution is 2.28. The van der Waals surface area contributed by atoms with Crippen molar-refractivity contribution in [3.8, 4) is 0 Å². The smallest absolute Gasteiger partial charge is 0.337 e. The first kappa shape index (κ1) is 18.3. The van der Waals surface area contributed by atoms with Gasteiger partial charge in [-0.1, -0.05) is 53.3 Å². The molecule has 1 aromatic heterocycles. The van der Waals surface area contributed by atoms with E-state index in [0.717, 1.165) is 15.8 Å². The molecule has 7 heteroatoms. The van der Waals surface area contributed by atoms with Gasteiger partial charge in [-0.3, -0.25) is 9.36 Å². The molecule has 0 bridgehead atoms. The van der Waals surface area contributed by atoms with Crippen molar-refractivity contribution in [2.24, 2.45) is 0 Å². The summed E-state index contributed by atoms with van der Waals surface area (Å²) in [4.78, 5) is 23.9. The molecule has 2 N–H and O–H groups in total. The molecule has 5 nitrogen and oxygen atoms in total. The first-order valence-corrected chi connectivity index (χ1v) is 9.68. The van der Waals surface area contributed by atoms with E-state index in [0.29, 0.717) is 22.9 Å². The Kier molecular flexibility index (Phi) is 4.90. The molecule has 28 heavy (non-hydrogen) atoms. The van der Waals surface area contributed by atoms with Gasteiger partial charge in [0.2, 0.25) is 0 Å². The highest BCUT2D eigenvalue weighted by atomic mass is 35.5. The summed E-state index contributed by atoms with van der Waals surface area (Å²) >= 11 is 7.07. The molecule has 0 amide bonds. The molecule has 0 radical (unpaired) electrons. The number of nitrogens with zero attached hydrogens (tertiary/aromatic N) is 1. The predicted octanol–water partition coefficient (Wildman–Crippen LogP) is 5.21. The lowest BCUT2D eigenvalue weighted by Crippen LogP contribution is -2.13. The van der Waals surface area contributed by atoms with Crippen LogP contribution >= 0.6 is 22.9 Å². The van der Waals surface area contributed by atoms with Crippen molar-refractivity contribution < 1.29 is 9.90 Å². The second kappa shape index (κ2) is 7.50. The van der Waals surface area contributed by atoms with Crippen LogP contribution in [-0.4, -0.2) is 15.6 Å². The largest absolute Gasteiger partial charge is 0.478 e. The van der Waals surface area contributed by atoms with E-state index in [9.17, 15) is 14.7 Å². The Balaban J connectivity index is 1.68. The number of thiazole rings is 1. The Morgan fingerprint density at radius 1 is 1.07 bits per heavy atom. The van der Waals surface area contributed by atoms with Crippen molar-refractivity contribution in [1.82, 2.24) is 4.57 Å². The number of aromatic carboxylic acids is 1. The Hall–Kier alpha value is -3.09. The van der Waals surface area contributed by atoms with Crippen LogP contribution in [0.1, 0.15) is 15.9 Å². The fourth-order valence-corrected chi connectivity index (χ4v) is 4.12. The van der Waals surface area contributed by atoms with Crippen LogP contribution < -0.4 is 10.2 Å². The van der Waals surface area contributed by atoms with Crippen molar-refractivity contribution >= 4 is 50.5 Å². The van der Waals surface area contributed by atoms with Crippen LogP contribution in [0.5, 0.6) is 0 Å². The molecule has 0 unspecified atom stereocenters. The normalized spacial score (nSPS) is 10.9. The van der Waals surface area contributed by atoms with Crippen LogP contribution in [0.15, 0.2) is 71.5 Å². The summed E-state index contributed by atoms with van der Waals surface area (Å²) in [6, 6.07) is 20.0. The third-order valence-corrected chi connectivity index (χ3v) is 5.52. The minimum absolute atomic E-state index is 0.0336. The first-order valence-electron chi connectivity index (χ1n) is 8.48. The quantitative estimate of drug-likeness (QED) is 0.474. The molecule has 0 saturated heterocycles. The number of carboxylic acid groups (broad SMARTS) is 1. The second-order valence-electron chi connectivity index (χ2n) is 6.24. The molecule has 1 heterocycles. The van der Waals surface area contributed by atoms with Gasteiger partial charge >= 0.3 is 10.8 Å². The van der Waals surface area contributed by atoms with Crippen LogP contribution in [0.4, 0.5) is 11.4 Å². The first-order chi connectivity index (χ1) is 13.5. The number of carboxylic acids is 1. The Morgan fingerprint density at radius 3 is 2.61 bits per heavy atom. The van der Waals surface area contributed by atoms with Crippen molar-refractivity contribution in [3.63, 3.8) is 0 Å². The maximum Gasteiger partial charge on any atom is 0.337 e. The van der Waals surface area contributed by atoms with Crippen molar-refractivity contribution in [2.75, 3.05) is 5.32 Å². The molecule has 140 valence electrons. The average Bonchev–Trinajstić information content (AvgIpc) is 2.98. The summed E-state index contributed by atoms with van der Waals surface area (Å²) in [6.07, 6.45) is 0. The number of benzene rings is 3. The molecule has 0 saturated carbocycles. The number of rotatable bonds is 5. The van der Waals surface area contributed by atoms with E-state index in [1.165, 1.54) is 17.4 Å². The lowest BCUT2D eigenvalue weighted by molar-refractivity contribution is 0.0698. The Bertz CT molecular complexity index is 1230. The van der Waals surface area contributed by atoms with E-state index < -0.39 is 5.97 Å². The number of fused-ring (bicyclic) bond motifs is 1. The van der Waals surface area contributed by atoms with Crippen LogP contribution in [0.25, 0.3) is 10.2 Å². The molecule has 0 aliphatic carbocycles. The molecule has 4 rings (SSSR count). The van der Waals surface area contributed by atoms with E-state index in [1.807, 2.05) is 48.5 Å². The summed E-state index contributed by atoms with van der Waals surface area (Å²) in [5.74, 6) is -1.07. The molecule has 0 atom stereocenters. The Morgan fingerprint density at radius 2 is 1.86 bits per heavy atom. The summed E-state index contributed by atoms with van der Waals surface area (Å²) in [6.45, 7) is 0.507. The number of hydrogen-bond acceptors (Lipinski definition) is 4. The fourth-order valence-electron chi connectivity index (χ4n) is 3.02. The number of hydrogen-bond donors (Lipinski definition) is 2. The number of halogens is 1. The minimum Gasteiger partial charge on any atom is -0.478 e. The van der Waals surface area contributed by atoms with E-state index in [1.54, 1.807) is 16.7 Å². The monoisotopic (exact) mass is 410 g/mol. The number of nitrogens with one attached hydrogen (secondary N) is 1. The predicted molar refractivity (Wildman–Crippen MR) is 113 cm³/mol. The molecule has 0 aliphatic rings. The molecule has 0 spiro atoms. The minimum atomic E-state index is -1.07. The van der Waals surface area contributed by atoms with Gasteiger partial charge in [-0.05, 0) is 42.0 Å². The maximum atomic E-state index is 12.5. The van der Waals surface area contributed by atoms with Gasteiger partial charge in [-0.15, -0.1) is 0 Å². The Labute approximate surface area is 169 Å². The lowest BCUT2D eigenvalue weighted by Gasteiger charge is -2.10. The van der Waals surface area contributed by atoms with Gasteiger partial charge in [0.25, 0.3) is 0 Å². The van der Waals surface area contributed by atoms with Crippen molar-refractivity contribution in [2.45, 2.75) is 6.54 Å². The summed E-state index contributed by atoms with van der Waals surface area (Å²) in [7, 11) is 0. The molecular formula is C21H15ClN2O3S. The van der Waals surface area contributed by atoms with E-state index in [4.69, 9.17) is 11.6 Å². The van der Waals surface area contributed by atoms with Crippen molar-refractivity contribution in [3.05, 3.63) is 92.5 Å². The summed E-state index contributed by atoms with van der Waals surface area (Å²) < 4.78 is 2.57. The van der Waals surface area contributed by atoms with Gasteiger partial charge in [-0.25, -0.2) is 4.79 Å². The van der Waals surface area contributed by atoms with E-state index in [2.05, 4.69) is 5.32 Å². The zero-order valence-corrected chi connectivity index (χ0v) is 16.1. The van der Waals surface area contributed by atoms with Gasteiger partial charge < -0.3 is 10.4 Å². The van der Waals surface area contributed by atoms with Crippen molar-refractivity contribution in [1.29, 1.82) is 0 Å².